The maximum Gasteiger partial charge on any atom is 0.170 e. The van der Waals surface area contributed by atoms with E-state index >= 15 is 0 Å². The molecule has 150 valence electrons. The third kappa shape index (κ3) is 3.83. The fourth-order valence-corrected chi connectivity index (χ4v) is 4.12. The topological polar surface area (TPSA) is 51.5 Å². The standard InChI is InChI=1S/C22H24N4O2S/c1-27-14-13-26-21(20(24-22(26)29)18-9-3-4-11-23-18)19-10-6-12-25(19)16-7-5-8-17(15-16)28-2/h3-12,15,20-21H,13-14H2,1-2H3,(H,24,29)/t20-,21-/m1/s1. The number of benzene rings is 1. The van der Waals surface area contributed by atoms with Crippen LogP contribution >= 0.6 is 12.2 Å². The number of rotatable bonds is 7. The number of ether oxygens (including phenoxy) is 2. The van der Waals surface area contributed by atoms with Crippen molar-refractivity contribution in [3.63, 3.8) is 0 Å². The molecule has 0 aliphatic carbocycles. The monoisotopic (exact) mass is 408 g/mol. The van der Waals surface area contributed by atoms with Gasteiger partial charge in [-0.3, -0.25) is 4.98 Å². The Kier molecular flexibility index (Phi) is 5.78. The third-order valence-electron chi connectivity index (χ3n) is 5.15. The lowest BCUT2D eigenvalue weighted by atomic mass is 10.0. The molecular weight excluding hydrogens is 384 g/mol. The Balaban J connectivity index is 1.78. The van der Waals surface area contributed by atoms with Crippen LogP contribution in [0.3, 0.4) is 0 Å². The SMILES string of the molecule is COCCN1C(=S)N[C@H](c2ccccn2)[C@H]1c1cccn1-c1cccc(OC)c1. The highest BCUT2D eigenvalue weighted by molar-refractivity contribution is 7.80. The van der Waals surface area contributed by atoms with Gasteiger partial charge in [0.1, 0.15) is 5.75 Å². The van der Waals surface area contributed by atoms with Gasteiger partial charge in [0.05, 0.1) is 31.5 Å². The van der Waals surface area contributed by atoms with E-state index in [1.165, 1.54) is 0 Å². The van der Waals surface area contributed by atoms with Crippen molar-refractivity contribution in [3.8, 4) is 11.4 Å². The van der Waals surface area contributed by atoms with Gasteiger partial charge in [-0.1, -0.05) is 12.1 Å². The minimum Gasteiger partial charge on any atom is -0.497 e. The number of nitrogens with one attached hydrogen (secondary N) is 1. The second-order valence-electron chi connectivity index (χ2n) is 6.82. The third-order valence-corrected chi connectivity index (χ3v) is 5.50. The predicted octanol–water partition coefficient (Wildman–Crippen LogP) is 3.50. The smallest absolute Gasteiger partial charge is 0.170 e. The molecule has 1 aliphatic heterocycles. The molecule has 3 aromatic rings. The summed E-state index contributed by atoms with van der Waals surface area (Å²) in [6.07, 6.45) is 3.88. The molecule has 0 saturated carbocycles. The molecule has 1 aliphatic rings. The Hall–Kier alpha value is -2.90. The molecule has 0 amide bonds. The molecule has 2 atom stereocenters. The number of aromatic nitrogens is 2. The van der Waals surface area contributed by atoms with Crippen LogP contribution in [-0.4, -0.2) is 46.9 Å². The Bertz CT molecular complexity index is 976. The van der Waals surface area contributed by atoms with Gasteiger partial charge in [-0.25, -0.2) is 0 Å². The van der Waals surface area contributed by atoms with Crippen LogP contribution in [0.5, 0.6) is 5.75 Å². The summed E-state index contributed by atoms with van der Waals surface area (Å²) in [4.78, 5) is 6.78. The van der Waals surface area contributed by atoms with Gasteiger partial charge in [0.2, 0.25) is 0 Å². The summed E-state index contributed by atoms with van der Waals surface area (Å²) in [6.45, 7) is 1.28. The van der Waals surface area contributed by atoms with Crippen molar-refractivity contribution in [3.05, 3.63) is 78.4 Å². The van der Waals surface area contributed by atoms with Gasteiger partial charge in [0.25, 0.3) is 0 Å². The largest absolute Gasteiger partial charge is 0.497 e. The van der Waals surface area contributed by atoms with E-state index in [0.29, 0.717) is 18.3 Å². The van der Waals surface area contributed by atoms with Crippen LogP contribution in [-0.2, 0) is 4.74 Å². The molecule has 0 spiro atoms. The summed E-state index contributed by atoms with van der Waals surface area (Å²) in [5.41, 5.74) is 3.11. The Morgan fingerprint density at radius 2 is 2.00 bits per heavy atom. The van der Waals surface area contributed by atoms with Crippen molar-refractivity contribution in [1.29, 1.82) is 0 Å². The molecule has 1 fully saturated rings. The minimum absolute atomic E-state index is 0.0197. The lowest BCUT2D eigenvalue weighted by Crippen LogP contribution is -2.33. The number of pyridine rings is 1. The zero-order chi connectivity index (χ0) is 20.2. The molecule has 3 heterocycles. The fourth-order valence-electron chi connectivity index (χ4n) is 3.79. The molecule has 0 unspecified atom stereocenters. The molecule has 7 heteroatoms. The zero-order valence-corrected chi connectivity index (χ0v) is 17.3. The second-order valence-corrected chi connectivity index (χ2v) is 7.20. The average molecular weight is 409 g/mol. The molecule has 29 heavy (non-hydrogen) atoms. The number of hydrogen-bond acceptors (Lipinski definition) is 4. The van der Waals surface area contributed by atoms with E-state index < -0.39 is 0 Å². The van der Waals surface area contributed by atoms with Gasteiger partial charge in [-0.2, -0.15) is 0 Å². The number of hydrogen-bond donors (Lipinski definition) is 1. The van der Waals surface area contributed by atoms with E-state index in [1.807, 2.05) is 42.6 Å². The molecule has 1 aromatic carbocycles. The lowest BCUT2D eigenvalue weighted by Gasteiger charge is -2.28. The van der Waals surface area contributed by atoms with E-state index in [9.17, 15) is 0 Å². The van der Waals surface area contributed by atoms with Crippen molar-refractivity contribution in [1.82, 2.24) is 19.8 Å². The van der Waals surface area contributed by atoms with E-state index in [1.54, 1.807) is 14.2 Å². The zero-order valence-electron chi connectivity index (χ0n) is 16.5. The highest BCUT2D eigenvalue weighted by Gasteiger charge is 2.41. The summed E-state index contributed by atoms with van der Waals surface area (Å²) >= 11 is 5.68. The predicted molar refractivity (Wildman–Crippen MR) is 116 cm³/mol. The molecule has 2 aromatic heterocycles. The Morgan fingerprint density at radius 3 is 2.76 bits per heavy atom. The normalized spacial score (nSPS) is 18.7. The van der Waals surface area contributed by atoms with Crippen LogP contribution in [0.1, 0.15) is 23.5 Å². The van der Waals surface area contributed by atoms with Crippen molar-refractivity contribution < 1.29 is 9.47 Å². The summed E-state index contributed by atoms with van der Waals surface area (Å²) in [5, 5.41) is 4.18. The van der Waals surface area contributed by atoms with Crippen molar-refractivity contribution in [2.45, 2.75) is 12.1 Å². The highest BCUT2D eigenvalue weighted by Crippen LogP contribution is 2.39. The van der Waals surface area contributed by atoms with Crippen LogP contribution in [0.25, 0.3) is 5.69 Å². The van der Waals surface area contributed by atoms with Gasteiger partial charge in [0, 0.05) is 43.5 Å². The molecule has 1 saturated heterocycles. The molecule has 0 bridgehead atoms. The first kappa shape index (κ1) is 19.4. The van der Waals surface area contributed by atoms with Crippen LogP contribution in [0.4, 0.5) is 0 Å². The second kappa shape index (κ2) is 8.63. The summed E-state index contributed by atoms with van der Waals surface area (Å²) in [7, 11) is 3.38. The quantitative estimate of drug-likeness (QED) is 0.604. The van der Waals surface area contributed by atoms with Crippen LogP contribution in [0.2, 0.25) is 0 Å². The minimum atomic E-state index is -0.0557. The summed E-state index contributed by atoms with van der Waals surface area (Å²) in [5.74, 6) is 0.819. The summed E-state index contributed by atoms with van der Waals surface area (Å²) < 4.78 is 12.9. The maximum absolute atomic E-state index is 5.68. The Morgan fingerprint density at radius 1 is 1.10 bits per heavy atom. The molecule has 0 radical (unpaired) electrons. The number of nitrogens with zero attached hydrogens (tertiary/aromatic N) is 3. The average Bonchev–Trinajstić information content (AvgIpc) is 3.37. The molecule has 1 N–H and O–H groups in total. The van der Waals surface area contributed by atoms with Crippen molar-refractivity contribution in [2.75, 3.05) is 27.4 Å². The van der Waals surface area contributed by atoms with Gasteiger partial charge in [-0.15, -0.1) is 0 Å². The maximum atomic E-state index is 5.68. The first-order valence-electron chi connectivity index (χ1n) is 9.51. The van der Waals surface area contributed by atoms with Crippen LogP contribution in [0, 0.1) is 0 Å². The first-order chi connectivity index (χ1) is 14.2. The van der Waals surface area contributed by atoms with Gasteiger partial charge in [0.15, 0.2) is 5.11 Å². The van der Waals surface area contributed by atoms with E-state index in [-0.39, 0.29) is 12.1 Å². The van der Waals surface area contributed by atoms with Gasteiger partial charge >= 0.3 is 0 Å². The fraction of sp³-hybridized carbons (Fsp3) is 0.273. The van der Waals surface area contributed by atoms with E-state index in [4.69, 9.17) is 21.7 Å². The Labute approximate surface area is 176 Å². The number of thiocarbonyl (C=S) groups is 1. The number of methoxy groups -OCH3 is 2. The molecular formula is C22H24N4O2S. The lowest BCUT2D eigenvalue weighted by molar-refractivity contribution is 0.163. The molecule has 6 nitrogen and oxygen atoms in total. The highest BCUT2D eigenvalue weighted by atomic mass is 32.1. The first-order valence-corrected chi connectivity index (χ1v) is 9.92. The van der Waals surface area contributed by atoms with Gasteiger partial charge < -0.3 is 24.3 Å². The van der Waals surface area contributed by atoms with Crippen LogP contribution in [0.15, 0.2) is 67.0 Å². The van der Waals surface area contributed by atoms with E-state index in [0.717, 1.165) is 22.8 Å². The summed E-state index contributed by atoms with van der Waals surface area (Å²) in [6, 6.07) is 18.1. The van der Waals surface area contributed by atoms with Crippen molar-refractivity contribution in [2.24, 2.45) is 0 Å². The van der Waals surface area contributed by atoms with E-state index in [2.05, 4.69) is 44.2 Å². The molecule has 4 rings (SSSR count). The van der Waals surface area contributed by atoms with Crippen LogP contribution < -0.4 is 10.1 Å². The van der Waals surface area contributed by atoms with Crippen molar-refractivity contribution >= 4 is 17.3 Å². The van der Waals surface area contributed by atoms with Gasteiger partial charge in [-0.05, 0) is 48.6 Å².